The van der Waals surface area contributed by atoms with Gasteiger partial charge in [-0.15, -0.1) is 12.8 Å². The van der Waals surface area contributed by atoms with Crippen LogP contribution in [0.1, 0.15) is 20.8 Å². The highest BCUT2D eigenvalue weighted by molar-refractivity contribution is 5.96. The lowest BCUT2D eigenvalue weighted by Gasteiger charge is -1.93. The predicted molar refractivity (Wildman–Crippen MR) is 51.2 cm³/mol. The molecule has 0 heterocycles. The molecule has 0 atom stereocenters. The zero-order valence-corrected chi connectivity index (χ0v) is 7.26. The Morgan fingerprint density at radius 3 is 1.91 bits per heavy atom. The van der Waals surface area contributed by atoms with E-state index < -0.39 is 0 Å². The lowest BCUT2D eigenvalue weighted by molar-refractivity contribution is 1.36. The van der Waals surface area contributed by atoms with Crippen LogP contribution >= 0.6 is 0 Å². The van der Waals surface area contributed by atoms with Crippen LogP contribution in [0.3, 0.4) is 0 Å². The first kappa shape index (κ1) is 12.3. The van der Waals surface area contributed by atoms with E-state index in [2.05, 4.69) is 17.8 Å². The average Bonchev–Trinajstić information content (AvgIpc) is 2.03. The van der Waals surface area contributed by atoms with Crippen LogP contribution in [0.25, 0.3) is 0 Å². The number of allylic oxidation sites excluding steroid dienone is 2. The first-order valence-electron chi connectivity index (χ1n) is 3.26. The van der Waals surface area contributed by atoms with Crippen LogP contribution in [0.4, 0.5) is 0 Å². The Hall–Kier alpha value is -1.36. The molecule has 0 fully saturated rings. The van der Waals surface area contributed by atoms with Crippen molar-refractivity contribution in [3.63, 3.8) is 0 Å². The molecule has 0 aliphatic carbocycles. The van der Waals surface area contributed by atoms with Crippen LogP contribution in [-0.4, -0.2) is 11.9 Å². The number of terminal acetylenes is 1. The fraction of sp³-hybridized carbons (Fsp3) is 0.333. The van der Waals surface area contributed by atoms with Crippen molar-refractivity contribution in [1.29, 1.82) is 5.41 Å². The Labute approximate surface area is 68.6 Å². The van der Waals surface area contributed by atoms with Gasteiger partial charge in [0.15, 0.2) is 0 Å². The van der Waals surface area contributed by atoms with Gasteiger partial charge in [0.25, 0.3) is 0 Å². The standard InChI is InChI=1S/C7H12N2.C2H2/c1-4-7(6(3)8)9-5-2;1-2/h4-5,8H,1-3H3;1-2H/b7-4-,8-6?,9-5?;. The highest BCUT2D eigenvalue weighted by Gasteiger charge is 1.90. The van der Waals surface area contributed by atoms with Gasteiger partial charge in [0.1, 0.15) is 0 Å². The van der Waals surface area contributed by atoms with E-state index in [0.717, 1.165) is 5.70 Å². The highest BCUT2D eigenvalue weighted by Crippen LogP contribution is 1.95. The Balaban J connectivity index is 0. The predicted octanol–water partition coefficient (Wildman–Crippen LogP) is 2.27. The monoisotopic (exact) mass is 150 g/mol. The number of nitrogens with zero attached hydrogens (tertiary/aromatic N) is 1. The van der Waals surface area contributed by atoms with Gasteiger partial charge in [0.2, 0.25) is 0 Å². The quantitative estimate of drug-likeness (QED) is 0.463. The van der Waals surface area contributed by atoms with Crippen LogP contribution in [0, 0.1) is 18.3 Å². The van der Waals surface area contributed by atoms with Crippen molar-refractivity contribution in [2.45, 2.75) is 20.8 Å². The number of hydrogen-bond donors (Lipinski definition) is 1. The van der Waals surface area contributed by atoms with Crippen molar-refractivity contribution in [2.75, 3.05) is 0 Å². The van der Waals surface area contributed by atoms with E-state index >= 15 is 0 Å². The maximum atomic E-state index is 7.17. The van der Waals surface area contributed by atoms with Crippen molar-refractivity contribution < 1.29 is 0 Å². The minimum absolute atomic E-state index is 0.510. The molecule has 0 aliphatic heterocycles. The van der Waals surface area contributed by atoms with E-state index in [4.69, 9.17) is 5.41 Å². The van der Waals surface area contributed by atoms with Gasteiger partial charge in [-0.1, -0.05) is 6.08 Å². The van der Waals surface area contributed by atoms with Crippen molar-refractivity contribution in [3.8, 4) is 12.8 Å². The molecule has 2 nitrogen and oxygen atoms in total. The van der Waals surface area contributed by atoms with Gasteiger partial charge in [-0.25, -0.2) is 0 Å². The van der Waals surface area contributed by atoms with Gasteiger partial charge in [0.05, 0.1) is 11.4 Å². The molecule has 0 bridgehead atoms. The maximum Gasteiger partial charge on any atom is 0.0787 e. The van der Waals surface area contributed by atoms with Crippen molar-refractivity contribution >= 4 is 11.9 Å². The zero-order chi connectivity index (χ0) is 9.28. The van der Waals surface area contributed by atoms with E-state index in [-0.39, 0.29) is 0 Å². The molecule has 0 rings (SSSR count). The first-order chi connectivity index (χ1) is 5.22. The van der Waals surface area contributed by atoms with Gasteiger partial charge in [0, 0.05) is 6.21 Å². The van der Waals surface area contributed by atoms with Crippen LogP contribution in [0.15, 0.2) is 16.8 Å². The van der Waals surface area contributed by atoms with Gasteiger partial charge >= 0.3 is 0 Å². The molecule has 11 heavy (non-hydrogen) atoms. The number of nitrogens with one attached hydrogen (secondary N) is 1. The van der Waals surface area contributed by atoms with Crippen molar-refractivity contribution in [3.05, 3.63) is 11.8 Å². The lowest BCUT2D eigenvalue weighted by atomic mass is 10.3. The van der Waals surface area contributed by atoms with Crippen LogP contribution < -0.4 is 0 Å². The van der Waals surface area contributed by atoms with Gasteiger partial charge in [-0.2, -0.15) is 0 Å². The zero-order valence-electron chi connectivity index (χ0n) is 7.26. The molecule has 0 aliphatic rings. The van der Waals surface area contributed by atoms with E-state index in [1.54, 1.807) is 13.1 Å². The van der Waals surface area contributed by atoms with E-state index in [1.807, 2.05) is 19.9 Å². The molecule has 0 radical (unpaired) electrons. The van der Waals surface area contributed by atoms with Crippen molar-refractivity contribution in [2.24, 2.45) is 4.99 Å². The lowest BCUT2D eigenvalue weighted by Crippen LogP contribution is -1.90. The third-order valence-electron chi connectivity index (χ3n) is 0.926. The molecule has 2 heteroatoms. The summed E-state index contributed by atoms with van der Waals surface area (Å²) < 4.78 is 0. The normalized spacial score (nSPS) is 10.5. The fourth-order valence-electron chi connectivity index (χ4n) is 0.527. The third-order valence-corrected chi connectivity index (χ3v) is 0.926. The molecule has 0 spiro atoms. The summed E-state index contributed by atoms with van der Waals surface area (Å²) in [7, 11) is 0. The Kier molecular flexibility index (Phi) is 9.68. The molecule has 1 N–H and O–H groups in total. The summed E-state index contributed by atoms with van der Waals surface area (Å²) in [4.78, 5) is 3.95. The summed E-state index contributed by atoms with van der Waals surface area (Å²) >= 11 is 0. The van der Waals surface area contributed by atoms with Crippen LogP contribution in [0.5, 0.6) is 0 Å². The minimum Gasteiger partial charge on any atom is -0.303 e. The molecule has 0 aromatic rings. The second kappa shape index (κ2) is 8.64. The number of aliphatic imine (C=N–C) groups is 1. The molecular weight excluding hydrogens is 136 g/mol. The van der Waals surface area contributed by atoms with Crippen LogP contribution in [-0.2, 0) is 0 Å². The van der Waals surface area contributed by atoms with E-state index in [0.29, 0.717) is 5.71 Å². The molecule has 60 valence electrons. The average molecular weight is 150 g/mol. The Bertz CT molecular complexity index is 185. The topological polar surface area (TPSA) is 36.2 Å². The summed E-state index contributed by atoms with van der Waals surface area (Å²) in [5, 5.41) is 7.17. The van der Waals surface area contributed by atoms with Gasteiger partial charge in [-0.05, 0) is 20.8 Å². The summed E-state index contributed by atoms with van der Waals surface area (Å²) in [6, 6.07) is 0. The third kappa shape index (κ3) is 6.53. The summed E-state index contributed by atoms with van der Waals surface area (Å²) in [6.07, 6.45) is 11.5. The molecule has 0 unspecified atom stereocenters. The first-order valence-corrected chi connectivity index (χ1v) is 3.26. The smallest absolute Gasteiger partial charge is 0.0787 e. The molecule has 0 saturated heterocycles. The summed E-state index contributed by atoms with van der Waals surface area (Å²) in [6.45, 7) is 5.44. The molecular formula is C9H14N2. The number of hydrogen-bond acceptors (Lipinski definition) is 2. The largest absolute Gasteiger partial charge is 0.303 e. The van der Waals surface area contributed by atoms with E-state index in [1.165, 1.54) is 0 Å². The summed E-state index contributed by atoms with van der Waals surface area (Å²) in [5.41, 5.74) is 1.26. The summed E-state index contributed by atoms with van der Waals surface area (Å²) in [5.74, 6) is 0. The Morgan fingerprint density at radius 2 is 1.82 bits per heavy atom. The minimum atomic E-state index is 0.510. The molecule has 0 aromatic carbocycles. The van der Waals surface area contributed by atoms with Gasteiger partial charge in [-0.3, -0.25) is 4.99 Å². The SMILES string of the molecule is C#C.CC=N/C(=C\C)C(C)=N. The van der Waals surface area contributed by atoms with Crippen LogP contribution in [0.2, 0.25) is 0 Å². The Morgan fingerprint density at radius 1 is 1.36 bits per heavy atom. The fourth-order valence-corrected chi connectivity index (χ4v) is 0.527. The van der Waals surface area contributed by atoms with Gasteiger partial charge < -0.3 is 5.41 Å². The molecule has 0 saturated carbocycles. The van der Waals surface area contributed by atoms with Crippen molar-refractivity contribution in [1.82, 2.24) is 0 Å². The second-order valence-electron chi connectivity index (χ2n) is 1.69. The molecule has 0 aromatic heterocycles. The molecule has 0 amide bonds. The maximum absolute atomic E-state index is 7.17. The second-order valence-corrected chi connectivity index (χ2v) is 1.69. The van der Waals surface area contributed by atoms with E-state index in [9.17, 15) is 0 Å². The number of rotatable bonds is 2. The highest BCUT2D eigenvalue weighted by atomic mass is 14.7.